The van der Waals surface area contributed by atoms with Gasteiger partial charge in [0.15, 0.2) is 0 Å². The zero-order chi connectivity index (χ0) is 17.1. The van der Waals surface area contributed by atoms with E-state index in [-0.39, 0.29) is 6.61 Å². The molecule has 0 bridgehead atoms. The number of hydrogen-bond acceptors (Lipinski definition) is 5. The molecule has 2 aromatic rings. The van der Waals surface area contributed by atoms with Crippen LogP contribution in [0.5, 0.6) is 0 Å². The van der Waals surface area contributed by atoms with Crippen molar-refractivity contribution in [1.82, 2.24) is 0 Å². The number of nitrogens with two attached hydrogens (primary N) is 1. The fourth-order valence-electron chi connectivity index (χ4n) is 2.84. The Balaban J connectivity index is 1.97. The molecular weight excluding hydrogens is 320 g/mol. The molecule has 0 spiro atoms. The van der Waals surface area contributed by atoms with E-state index in [0.29, 0.717) is 16.8 Å². The van der Waals surface area contributed by atoms with Crippen LogP contribution >= 0.6 is 11.3 Å². The number of allylic oxidation sites excluding steroid dienone is 2. The average Bonchev–Trinajstić information content (AvgIpc) is 3.22. The number of esters is 1. The number of thiophene rings is 1. The monoisotopic (exact) mass is 336 g/mol. The average molecular weight is 336 g/mol. The van der Waals surface area contributed by atoms with Crippen LogP contribution in [0, 0.1) is 11.3 Å². The van der Waals surface area contributed by atoms with E-state index >= 15 is 0 Å². The Bertz CT molecular complexity index is 856. The third-order valence-electron chi connectivity index (χ3n) is 3.94. The first-order valence-corrected chi connectivity index (χ1v) is 8.51. The molecule has 24 heavy (non-hydrogen) atoms. The highest BCUT2D eigenvalue weighted by molar-refractivity contribution is 7.08. The van der Waals surface area contributed by atoms with Gasteiger partial charge in [0.2, 0.25) is 0 Å². The van der Waals surface area contributed by atoms with Gasteiger partial charge in [0, 0.05) is 11.3 Å². The third kappa shape index (κ3) is 2.84. The lowest BCUT2D eigenvalue weighted by atomic mass is 9.87. The molecule has 3 rings (SSSR count). The van der Waals surface area contributed by atoms with E-state index in [4.69, 9.17) is 10.5 Å². The smallest absolute Gasteiger partial charge is 0.337 e. The fourth-order valence-corrected chi connectivity index (χ4v) is 3.50. The van der Waals surface area contributed by atoms with Gasteiger partial charge in [-0.2, -0.15) is 16.6 Å². The van der Waals surface area contributed by atoms with Crippen molar-refractivity contribution in [2.75, 3.05) is 6.61 Å². The second-order valence-electron chi connectivity index (χ2n) is 5.37. The molecule has 4 nitrogen and oxygen atoms in total. The summed E-state index contributed by atoms with van der Waals surface area (Å²) >= 11 is 1.64. The Kier molecular flexibility index (Phi) is 4.50. The number of nitriles is 1. The van der Waals surface area contributed by atoms with Crippen LogP contribution < -0.4 is 5.73 Å². The van der Waals surface area contributed by atoms with E-state index < -0.39 is 11.9 Å². The van der Waals surface area contributed by atoms with Crippen LogP contribution in [0.3, 0.4) is 0 Å². The number of carbonyl (C=O) groups is 1. The lowest BCUT2D eigenvalue weighted by molar-refractivity contribution is -0.138. The minimum Gasteiger partial charge on any atom is -0.463 e. The molecule has 1 atom stereocenters. The molecule has 0 radical (unpaired) electrons. The summed E-state index contributed by atoms with van der Waals surface area (Å²) in [6.07, 6.45) is 1.56. The van der Waals surface area contributed by atoms with Crippen LogP contribution in [0.1, 0.15) is 18.4 Å². The first kappa shape index (κ1) is 16.0. The molecular formula is C19H16N2O2S. The van der Waals surface area contributed by atoms with Crippen LogP contribution in [0.15, 0.2) is 64.0 Å². The van der Waals surface area contributed by atoms with Gasteiger partial charge in [-0.3, -0.25) is 0 Å². The fraction of sp³-hybridized carbons (Fsp3) is 0.158. The number of ether oxygens (including phenoxy) is 1. The van der Waals surface area contributed by atoms with E-state index in [9.17, 15) is 10.1 Å². The number of nitrogens with zero attached hydrogens (tertiary/aromatic N) is 1. The summed E-state index contributed by atoms with van der Waals surface area (Å²) in [6, 6.07) is 12.0. The molecule has 1 heterocycles. The van der Waals surface area contributed by atoms with Gasteiger partial charge in [-0.05, 0) is 46.5 Å². The molecule has 1 unspecified atom stereocenters. The lowest BCUT2D eigenvalue weighted by Gasteiger charge is -2.16. The molecule has 0 saturated carbocycles. The van der Waals surface area contributed by atoms with Gasteiger partial charge in [0.25, 0.3) is 0 Å². The normalized spacial score (nSPS) is 16.7. The molecule has 1 aromatic carbocycles. The Morgan fingerprint density at radius 3 is 2.62 bits per heavy atom. The van der Waals surface area contributed by atoms with Crippen LogP contribution in [0.4, 0.5) is 0 Å². The Morgan fingerprint density at radius 2 is 2.04 bits per heavy atom. The Hall–Kier alpha value is -2.84. The van der Waals surface area contributed by atoms with Crippen LogP contribution in [-0.4, -0.2) is 12.6 Å². The number of carbonyl (C=O) groups excluding carboxylic acids is 1. The Labute approximate surface area is 144 Å². The maximum Gasteiger partial charge on any atom is 0.337 e. The number of hydrogen-bond donors (Lipinski definition) is 1. The zero-order valence-electron chi connectivity index (χ0n) is 13.2. The molecule has 0 aliphatic heterocycles. The van der Waals surface area contributed by atoms with Crippen molar-refractivity contribution >= 4 is 17.3 Å². The zero-order valence-corrected chi connectivity index (χ0v) is 14.0. The second kappa shape index (κ2) is 6.73. The summed E-state index contributed by atoms with van der Waals surface area (Å²) in [5.74, 6) is -0.936. The van der Waals surface area contributed by atoms with Crippen LogP contribution in [-0.2, 0) is 9.53 Å². The SMILES string of the molecule is CCOC(=O)C1=C(N)C=C(C#N)C1c1ccc(-c2ccsc2)cc1. The highest BCUT2D eigenvalue weighted by Gasteiger charge is 2.34. The molecule has 2 N–H and O–H groups in total. The molecule has 1 aliphatic carbocycles. The minimum atomic E-state index is -0.469. The van der Waals surface area contributed by atoms with Crippen molar-refractivity contribution in [3.05, 3.63) is 69.6 Å². The molecule has 0 fully saturated rings. The summed E-state index contributed by atoms with van der Waals surface area (Å²) < 4.78 is 5.11. The van der Waals surface area contributed by atoms with Gasteiger partial charge >= 0.3 is 5.97 Å². The van der Waals surface area contributed by atoms with E-state index in [1.807, 2.05) is 29.6 Å². The van der Waals surface area contributed by atoms with Crippen LogP contribution in [0.2, 0.25) is 0 Å². The van der Waals surface area contributed by atoms with E-state index in [0.717, 1.165) is 16.7 Å². The van der Waals surface area contributed by atoms with Gasteiger partial charge in [0.05, 0.1) is 24.2 Å². The lowest BCUT2D eigenvalue weighted by Crippen LogP contribution is -2.16. The minimum absolute atomic E-state index is 0.265. The van der Waals surface area contributed by atoms with Crippen molar-refractivity contribution in [3.8, 4) is 17.2 Å². The van der Waals surface area contributed by atoms with Gasteiger partial charge < -0.3 is 10.5 Å². The summed E-state index contributed by atoms with van der Waals surface area (Å²) in [7, 11) is 0. The molecule has 0 amide bonds. The van der Waals surface area contributed by atoms with Crippen molar-refractivity contribution in [1.29, 1.82) is 5.26 Å². The van der Waals surface area contributed by atoms with Crippen molar-refractivity contribution in [2.45, 2.75) is 12.8 Å². The standard InChI is InChI=1S/C19H16N2O2S/c1-2-23-19(22)18-16(21)9-15(10-20)17(18)13-5-3-12(4-6-13)14-7-8-24-11-14/h3-9,11,17H,2,21H2,1H3. The van der Waals surface area contributed by atoms with Crippen LogP contribution in [0.25, 0.3) is 11.1 Å². The summed E-state index contributed by atoms with van der Waals surface area (Å²) in [4.78, 5) is 12.3. The van der Waals surface area contributed by atoms with Gasteiger partial charge in [-0.15, -0.1) is 0 Å². The summed E-state index contributed by atoms with van der Waals surface area (Å²) in [6.45, 7) is 2.01. The maximum atomic E-state index is 12.3. The predicted octanol–water partition coefficient (Wildman–Crippen LogP) is 3.74. The quantitative estimate of drug-likeness (QED) is 0.863. The van der Waals surface area contributed by atoms with Crippen molar-refractivity contribution < 1.29 is 9.53 Å². The highest BCUT2D eigenvalue weighted by atomic mass is 32.1. The third-order valence-corrected chi connectivity index (χ3v) is 4.63. The van der Waals surface area contributed by atoms with E-state index in [2.05, 4.69) is 17.5 Å². The summed E-state index contributed by atoms with van der Waals surface area (Å²) in [5.41, 5.74) is 10.2. The van der Waals surface area contributed by atoms with Gasteiger partial charge in [-0.25, -0.2) is 4.79 Å². The molecule has 1 aromatic heterocycles. The van der Waals surface area contributed by atoms with Crippen molar-refractivity contribution in [2.24, 2.45) is 5.73 Å². The largest absolute Gasteiger partial charge is 0.463 e. The molecule has 5 heteroatoms. The highest BCUT2D eigenvalue weighted by Crippen LogP contribution is 2.39. The maximum absolute atomic E-state index is 12.3. The second-order valence-corrected chi connectivity index (χ2v) is 6.15. The molecule has 120 valence electrons. The first-order chi connectivity index (χ1) is 11.7. The van der Waals surface area contributed by atoms with Crippen molar-refractivity contribution in [3.63, 3.8) is 0 Å². The molecule has 0 saturated heterocycles. The summed E-state index contributed by atoms with van der Waals surface area (Å²) in [5, 5.41) is 13.5. The number of rotatable bonds is 4. The first-order valence-electron chi connectivity index (χ1n) is 7.56. The Morgan fingerprint density at radius 1 is 1.29 bits per heavy atom. The van der Waals surface area contributed by atoms with E-state index in [1.54, 1.807) is 24.3 Å². The predicted molar refractivity (Wildman–Crippen MR) is 94.0 cm³/mol. The van der Waals surface area contributed by atoms with Gasteiger partial charge in [-0.1, -0.05) is 24.3 Å². The van der Waals surface area contributed by atoms with Gasteiger partial charge in [0.1, 0.15) is 0 Å². The topological polar surface area (TPSA) is 76.1 Å². The van der Waals surface area contributed by atoms with E-state index in [1.165, 1.54) is 0 Å². The molecule has 1 aliphatic rings. The number of benzene rings is 1.